The molecule has 0 aliphatic carbocycles. The molecule has 0 spiro atoms. The normalized spacial score (nSPS) is 22.6. The first-order valence-electron chi connectivity index (χ1n) is 6.38. The zero-order valence-electron chi connectivity index (χ0n) is 11.4. The van der Waals surface area contributed by atoms with Crippen molar-refractivity contribution in [3.8, 4) is 0 Å². The van der Waals surface area contributed by atoms with Gasteiger partial charge in [0, 0.05) is 22.0 Å². The zero-order valence-corrected chi connectivity index (χ0v) is 13.8. The van der Waals surface area contributed by atoms with E-state index in [1.54, 1.807) is 6.07 Å². The molecule has 1 fully saturated rings. The van der Waals surface area contributed by atoms with Gasteiger partial charge in [-0.2, -0.15) is 24.9 Å². The fourth-order valence-electron chi connectivity index (χ4n) is 2.42. The number of alkyl halides is 3. The Bertz CT molecular complexity index is 488. The van der Waals surface area contributed by atoms with Crippen LogP contribution < -0.4 is 5.32 Å². The van der Waals surface area contributed by atoms with E-state index in [-0.39, 0.29) is 15.9 Å². The molecule has 1 atom stereocenters. The average Bonchev–Trinajstić information content (AvgIpc) is 2.29. The SMILES string of the molecule is CC1(C)CSCC(Nc2ccc(Br)c(C(F)(F)F)c2)C1. The summed E-state index contributed by atoms with van der Waals surface area (Å²) in [7, 11) is 0. The van der Waals surface area contributed by atoms with Gasteiger partial charge >= 0.3 is 6.18 Å². The molecule has 1 unspecified atom stereocenters. The summed E-state index contributed by atoms with van der Waals surface area (Å²) >= 11 is 4.81. The van der Waals surface area contributed by atoms with Crippen molar-refractivity contribution in [1.29, 1.82) is 0 Å². The molecular formula is C14H17BrF3NS. The van der Waals surface area contributed by atoms with Crippen molar-refractivity contribution in [2.24, 2.45) is 5.41 Å². The van der Waals surface area contributed by atoms with Gasteiger partial charge in [0.1, 0.15) is 0 Å². The highest BCUT2D eigenvalue weighted by molar-refractivity contribution is 9.10. The van der Waals surface area contributed by atoms with Gasteiger partial charge in [-0.3, -0.25) is 0 Å². The first kappa shape index (κ1) is 16.0. The zero-order chi connectivity index (χ0) is 15.0. The highest BCUT2D eigenvalue weighted by Gasteiger charge is 2.34. The largest absolute Gasteiger partial charge is 0.417 e. The predicted octanol–water partition coefficient (Wildman–Crippen LogP) is 5.41. The van der Waals surface area contributed by atoms with Crippen molar-refractivity contribution >= 4 is 33.4 Å². The summed E-state index contributed by atoms with van der Waals surface area (Å²) in [5.74, 6) is 2.03. The third-order valence-electron chi connectivity index (χ3n) is 3.25. The van der Waals surface area contributed by atoms with E-state index in [0.29, 0.717) is 5.69 Å². The van der Waals surface area contributed by atoms with Crippen LogP contribution in [-0.4, -0.2) is 17.5 Å². The van der Waals surface area contributed by atoms with E-state index in [1.807, 2.05) is 11.8 Å². The van der Waals surface area contributed by atoms with Crippen molar-refractivity contribution < 1.29 is 13.2 Å². The minimum absolute atomic E-state index is 0.0777. The smallest absolute Gasteiger partial charge is 0.381 e. The molecule has 20 heavy (non-hydrogen) atoms. The second-order valence-electron chi connectivity index (χ2n) is 5.92. The molecule has 1 heterocycles. The number of anilines is 1. The van der Waals surface area contributed by atoms with E-state index >= 15 is 0 Å². The molecule has 1 aromatic rings. The molecular weight excluding hydrogens is 351 g/mol. The number of hydrogen-bond acceptors (Lipinski definition) is 2. The fraction of sp³-hybridized carbons (Fsp3) is 0.571. The van der Waals surface area contributed by atoms with Crippen LogP contribution in [0.2, 0.25) is 0 Å². The molecule has 1 saturated heterocycles. The minimum atomic E-state index is -4.34. The first-order valence-corrected chi connectivity index (χ1v) is 8.33. The lowest BCUT2D eigenvalue weighted by atomic mass is 9.88. The summed E-state index contributed by atoms with van der Waals surface area (Å²) in [5.41, 5.74) is 0.122. The van der Waals surface area contributed by atoms with Crippen LogP contribution in [0.4, 0.5) is 18.9 Å². The van der Waals surface area contributed by atoms with Crippen LogP contribution in [-0.2, 0) is 6.18 Å². The molecule has 2 rings (SSSR count). The lowest BCUT2D eigenvalue weighted by Gasteiger charge is -2.35. The Balaban J connectivity index is 2.14. The van der Waals surface area contributed by atoms with Crippen LogP contribution in [0.25, 0.3) is 0 Å². The van der Waals surface area contributed by atoms with Gasteiger partial charge in [-0.05, 0) is 35.8 Å². The van der Waals surface area contributed by atoms with Gasteiger partial charge in [-0.25, -0.2) is 0 Å². The third kappa shape index (κ3) is 4.07. The summed E-state index contributed by atoms with van der Waals surface area (Å²) < 4.78 is 38.7. The van der Waals surface area contributed by atoms with Gasteiger partial charge in [0.05, 0.1) is 5.56 Å². The summed E-state index contributed by atoms with van der Waals surface area (Å²) in [6.45, 7) is 4.38. The van der Waals surface area contributed by atoms with E-state index in [9.17, 15) is 13.2 Å². The molecule has 1 aliphatic heterocycles. The van der Waals surface area contributed by atoms with Crippen LogP contribution in [0, 0.1) is 5.41 Å². The molecule has 0 saturated carbocycles. The van der Waals surface area contributed by atoms with Crippen LogP contribution >= 0.6 is 27.7 Å². The Labute approximate surface area is 129 Å². The van der Waals surface area contributed by atoms with E-state index < -0.39 is 11.7 Å². The summed E-state index contributed by atoms with van der Waals surface area (Å²) in [6, 6.07) is 4.53. The first-order chi connectivity index (χ1) is 9.17. The highest BCUT2D eigenvalue weighted by Crippen LogP contribution is 2.38. The van der Waals surface area contributed by atoms with Crippen molar-refractivity contribution in [3.63, 3.8) is 0 Å². The second-order valence-corrected chi connectivity index (χ2v) is 7.80. The lowest BCUT2D eigenvalue weighted by Crippen LogP contribution is -2.35. The van der Waals surface area contributed by atoms with Crippen LogP contribution in [0.1, 0.15) is 25.8 Å². The Morgan fingerprint density at radius 2 is 2.05 bits per heavy atom. The average molecular weight is 368 g/mol. The van der Waals surface area contributed by atoms with Crippen LogP contribution in [0.5, 0.6) is 0 Å². The van der Waals surface area contributed by atoms with Crippen molar-refractivity contribution in [2.75, 3.05) is 16.8 Å². The third-order valence-corrected chi connectivity index (χ3v) is 5.57. The maximum absolute atomic E-state index is 12.9. The van der Waals surface area contributed by atoms with Gasteiger partial charge in [-0.15, -0.1) is 0 Å². The molecule has 1 N–H and O–H groups in total. The number of thioether (sulfide) groups is 1. The van der Waals surface area contributed by atoms with Gasteiger partial charge in [-0.1, -0.05) is 29.8 Å². The molecule has 112 valence electrons. The van der Waals surface area contributed by atoms with E-state index in [1.165, 1.54) is 12.1 Å². The molecule has 6 heteroatoms. The molecule has 0 amide bonds. The molecule has 1 aliphatic rings. The van der Waals surface area contributed by atoms with E-state index in [4.69, 9.17) is 0 Å². The number of hydrogen-bond donors (Lipinski definition) is 1. The summed E-state index contributed by atoms with van der Waals surface area (Å²) in [6.07, 6.45) is -3.37. The predicted molar refractivity (Wildman–Crippen MR) is 82.3 cm³/mol. The maximum atomic E-state index is 12.9. The van der Waals surface area contributed by atoms with Crippen molar-refractivity contribution in [2.45, 2.75) is 32.5 Å². The topological polar surface area (TPSA) is 12.0 Å². The number of rotatable bonds is 2. The molecule has 1 aromatic carbocycles. The molecule has 0 radical (unpaired) electrons. The summed E-state index contributed by atoms with van der Waals surface area (Å²) in [4.78, 5) is 0. The monoisotopic (exact) mass is 367 g/mol. The van der Waals surface area contributed by atoms with Gasteiger partial charge in [0.15, 0.2) is 0 Å². The van der Waals surface area contributed by atoms with Gasteiger partial charge in [0.2, 0.25) is 0 Å². The molecule has 1 nitrogen and oxygen atoms in total. The van der Waals surface area contributed by atoms with Crippen LogP contribution in [0.3, 0.4) is 0 Å². The molecule has 0 bridgehead atoms. The van der Waals surface area contributed by atoms with Crippen LogP contribution in [0.15, 0.2) is 22.7 Å². The number of benzene rings is 1. The molecule has 0 aromatic heterocycles. The number of nitrogens with one attached hydrogen (secondary N) is 1. The number of halogens is 4. The standard InChI is InChI=1S/C14H17BrF3NS/c1-13(2)6-10(7-20-8-13)19-9-3-4-12(15)11(5-9)14(16,17)18/h3-5,10,19H,6-8H2,1-2H3. The minimum Gasteiger partial charge on any atom is -0.381 e. The quantitative estimate of drug-likeness (QED) is 0.749. The van der Waals surface area contributed by atoms with E-state index in [0.717, 1.165) is 17.9 Å². The fourth-order valence-corrected chi connectivity index (χ4v) is 4.17. The highest BCUT2D eigenvalue weighted by atomic mass is 79.9. The van der Waals surface area contributed by atoms with Crippen molar-refractivity contribution in [3.05, 3.63) is 28.2 Å². The van der Waals surface area contributed by atoms with Crippen molar-refractivity contribution in [1.82, 2.24) is 0 Å². The Morgan fingerprint density at radius 1 is 1.35 bits per heavy atom. The van der Waals surface area contributed by atoms with Gasteiger partial charge in [0.25, 0.3) is 0 Å². The lowest BCUT2D eigenvalue weighted by molar-refractivity contribution is -0.138. The Kier molecular flexibility index (Phi) is 4.64. The van der Waals surface area contributed by atoms with E-state index in [2.05, 4.69) is 35.1 Å². The Hall–Kier alpha value is -0.360. The second kappa shape index (κ2) is 5.79. The maximum Gasteiger partial charge on any atom is 0.417 e. The Morgan fingerprint density at radius 3 is 2.65 bits per heavy atom. The van der Waals surface area contributed by atoms with Gasteiger partial charge < -0.3 is 5.32 Å². The summed E-state index contributed by atoms with van der Waals surface area (Å²) in [5, 5.41) is 3.23.